The Balaban J connectivity index is 0.00000380. The van der Waals surface area contributed by atoms with Crippen molar-refractivity contribution in [2.24, 2.45) is 0 Å². The minimum Gasteiger partial charge on any atom is -0.369 e. The number of nitrogens with zero attached hydrogens (tertiary/aromatic N) is 5. The summed E-state index contributed by atoms with van der Waals surface area (Å²) in [6.45, 7) is 1.35. The van der Waals surface area contributed by atoms with Crippen LogP contribution in [0.3, 0.4) is 0 Å². The zero-order valence-electron chi connectivity index (χ0n) is 20.0. The fraction of sp³-hybridized carbons (Fsp3) is 0.250. The number of fused-ring (bicyclic) bond motifs is 1. The van der Waals surface area contributed by atoms with Gasteiger partial charge in [0.25, 0.3) is 5.91 Å². The zero-order chi connectivity index (χ0) is 25.7. The fourth-order valence-electron chi connectivity index (χ4n) is 3.64. The normalized spacial score (nSPS) is 11.9. The summed E-state index contributed by atoms with van der Waals surface area (Å²) in [5.41, 5.74) is 3.35. The summed E-state index contributed by atoms with van der Waals surface area (Å²) in [6, 6.07) is 9.15. The number of halogens is 3. The van der Waals surface area contributed by atoms with E-state index in [0.717, 1.165) is 16.5 Å². The number of carbonyl (C=O) groups excluding carboxylic acids is 1. The van der Waals surface area contributed by atoms with Crippen LogP contribution in [0.1, 0.15) is 28.8 Å². The molecule has 3 aromatic heterocycles. The molecule has 37 heavy (non-hydrogen) atoms. The van der Waals surface area contributed by atoms with Crippen LogP contribution >= 0.6 is 13.5 Å². The molecule has 4 aromatic rings. The highest BCUT2D eigenvalue weighted by molar-refractivity contribution is 7.59. The van der Waals surface area contributed by atoms with Crippen LogP contribution in [-0.2, 0) is 0 Å². The molecule has 9 nitrogen and oxygen atoms in total. The first-order valence-electron chi connectivity index (χ1n) is 11.0. The Morgan fingerprint density at radius 1 is 1.03 bits per heavy atom. The largest absolute Gasteiger partial charge is 0.405 e. The summed E-state index contributed by atoms with van der Waals surface area (Å²) < 4.78 is 37.0. The van der Waals surface area contributed by atoms with Crippen molar-refractivity contribution in [2.45, 2.75) is 19.0 Å². The standard InChI is InChI=1S/C24H23F3N8O.H2S/c1-14(16-4-3-5-17-18(22(36)28-2)6-7-29-21(16)17)9-30-20-8-19(34-13-35-20)15-10-31-23(32-11-15)33-12-24(25,26)27;/h3-8,10-11,13-14H,9,12H2,1-2H3,(H,28,36)(H,30,34,35)(H,31,32,33);1H2/t14-;/m1./s1. The van der Waals surface area contributed by atoms with E-state index in [9.17, 15) is 18.0 Å². The van der Waals surface area contributed by atoms with Gasteiger partial charge in [0.05, 0.1) is 16.8 Å². The minimum absolute atomic E-state index is 0. The maximum Gasteiger partial charge on any atom is 0.405 e. The first-order valence-corrected chi connectivity index (χ1v) is 11.0. The summed E-state index contributed by atoms with van der Waals surface area (Å²) in [5.74, 6) is 0.291. The molecule has 194 valence electrons. The number of para-hydroxylation sites is 1. The van der Waals surface area contributed by atoms with E-state index in [1.165, 1.54) is 18.7 Å². The predicted octanol–water partition coefficient (Wildman–Crippen LogP) is 4.14. The van der Waals surface area contributed by atoms with E-state index in [1.807, 2.05) is 25.1 Å². The van der Waals surface area contributed by atoms with E-state index in [4.69, 9.17) is 0 Å². The van der Waals surface area contributed by atoms with Crippen LogP contribution in [-0.4, -0.2) is 57.1 Å². The molecule has 3 heterocycles. The highest BCUT2D eigenvalue weighted by Gasteiger charge is 2.27. The van der Waals surface area contributed by atoms with E-state index >= 15 is 0 Å². The average molecular weight is 531 g/mol. The second-order valence-electron chi connectivity index (χ2n) is 8.02. The highest BCUT2D eigenvalue weighted by atomic mass is 32.1. The van der Waals surface area contributed by atoms with Crippen LogP contribution in [0.25, 0.3) is 22.2 Å². The van der Waals surface area contributed by atoms with E-state index in [-0.39, 0.29) is 31.3 Å². The summed E-state index contributed by atoms with van der Waals surface area (Å²) in [6.07, 6.45) is 1.44. The molecule has 0 spiro atoms. The summed E-state index contributed by atoms with van der Waals surface area (Å²) >= 11 is 0. The summed E-state index contributed by atoms with van der Waals surface area (Å²) in [5, 5.41) is 8.84. The molecule has 0 bridgehead atoms. The van der Waals surface area contributed by atoms with Gasteiger partial charge < -0.3 is 16.0 Å². The van der Waals surface area contributed by atoms with E-state index in [2.05, 4.69) is 40.9 Å². The van der Waals surface area contributed by atoms with Crippen molar-refractivity contribution < 1.29 is 18.0 Å². The molecule has 1 atom stereocenters. The second kappa shape index (κ2) is 11.8. The van der Waals surface area contributed by atoms with Gasteiger partial charge in [-0.25, -0.2) is 19.9 Å². The molecule has 1 aromatic carbocycles. The first kappa shape index (κ1) is 27.6. The molecule has 0 unspecified atom stereocenters. The molecular formula is C24H25F3N8OS. The lowest BCUT2D eigenvalue weighted by molar-refractivity contribution is -0.115. The molecule has 4 rings (SSSR count). The van der Waals surface area contributed by atoms with Crippen molar-refractivity contribution in [3.05, 3.63) is 66.4 Å². The lowest BCUT2D eigenvalue weighted by atomic mass is 9.96. The molecule has 13 heteroatoms. The van der Waals surface area contributed by atoms with Crippen LogP contribution < -0.4 is 16.0 Å². The highest BCUT2D eigenvalue weighted by Crippen LogP contribution is 2.27. The van der Waals surface area contributed by atoms with Gasteiger partial charge in [-0.15, -0.1) is 0 Å². The van der Waals surface area contributed by atoms with Gasteiger partial charge >= 0.3 is 6.18 Å². The molecule has 0 radical (unpaired) electrons. The molecule has 0 aliphatic heterocycles. The molecule has 3 N–H and O–H groups in total. The van der Waals surface area contributed by atoms with Crippen molar-refractivity contribution >= 4 is 42.1 Å². The maximum atomic E-state index is 12.3. The van der Waals surface area contributed by atoms with Crippen molar-refractivity contribution in [1.29, 1.82) is 0 Å². The Morgan fingerprint density at radius 3 is 2.49 bits per heavy atom. The molecule has 0 fully saturated rings. The average Bonchev–Trinajstić information content (AvgIpc) is 2.89. The number of nitrogens with one attached hydrogen (secondary N) is 3. The molecule has 0 aliphatic rings. The molecule has 0 saturated carbocycles. The monoisotopic (exact) mass is 530 g/mol. The van der Waals surface area contributed by atoms with Gasteiger partial charge in [0, 0.05) is 55.1 Å². The van der Waals surface area contributed by atoms with Gasteiger partial charge in [-0.1, -0.05) is 25.1 Å². The predicted molar refractivity (Wildman–Crippen MR) is 140 cm³/mol. The topological polar surface area (TPSA) is 118 Å². The minimum atomic E-state index is -4.36. The number of alkyl halides is 3. The fourth-order valence-corrected chi connectivity index (χ4v) is 3.64. The van der Waals surface area contributed by atoms with Crippen molar-refractivity contribution in [2.75, 3.05) is 30.8 Å². The first-order chi connectivity index (χ1) is 17.2. The number of rotatable bonds is 8. The van der Waals surface area contributed by atoms with Crippen LogP contribution in [0.15, 0.2) is 55.2 Å². The molecule has 1 amide bonds. The molecule has 0 saturated heterocycles. The Morgan fingerprint density at radius 2 is 1.78 bits per heavy atom. The number of hydrogen-bond donors (Lipinski definition) is 3. The van der Waals surface area contributed by atoms with Gasteiger partial charge in [0.1, 0.15) is 18.7 Å². The van der Waals surface area contributed by atoms with Crippen molar-refractivity contribution in [1.82, 2.24) is 30.2 Å². The number of hydrogen-bond acceptors (Lipinski definition) is 8. The van der Waals surface area contributed by atoms with E-state index in [1.54, 1.807) is 25.4 Å². The lowest BCUT2D eigenvalue weighted by Gasteiger charge is -2.16. The summed E-state index contributed by atoms with van der Waals surface area (Å²) in [4.78, 5) is 33.0. The molecule has 0 aliphatic carbocycles. The smallest absolute Gasteiger partial charge is 0.369 e. The number of anilines is 2. The van der Waals surface area contributed by atoms with Crippen molar-refractivity contribution in [3.63, 3.8) is 0 Å². The second-order valence-corrected chi connectivity index (χ2v) is 8.02. The van der Waals surface area contributed by atoms with Gasteiger partial charge in [0.15, 0.2) is 0 Å². The number of amides is 1. The lowest BCUT2D eigenvalue weighted by Crippen LogP contribution is -2.22. The Bertz CT molecular complexity index is 1370. The summed E-state index contributed by atoms with van der Waals surface area (Å²) in [7, 11) is 1.59. The zero-order valence-corrected chi connectivity index (χ0v) is 21.0. The van der Waals surface area contributed by atoms with Gasteiger partial charge in [0.2, 0.25) is 5.95 Å². The Kier molecular flexibility index (Phi) is 8.81. The maximum absolute atomic E-state index is 12.3. The van der Waals surface area contributed by atoms with Gasteiger partial charge in [-0.05, 0) is 11.6 Å². The van der Waals surface area contributed by atoms with Crippen LogP contribution in [0.4, 0.5) is 24.9 Å². The van der Waals surface area contributed by atoms with Crippen LogP contribution in [0.5, 0.6) is 0 Å². The number of aromatic nitrogens is 5. The van der Waals surface area contributed by atoms with Crippen LogP contribution in [0, 0.1) is 0 Å². The third kappa shape index (κ3) is 6.82. The number of benzene rings is 1. The SMILES string of the molecule is CNC(=O)c1ccnc2c([C@H](C)CNc3cc(-c4cnc(NCC(F)(F)F)nc4)ncn3)cccc12.S. The third-order valence-electron chi connectivity index (χ3n) is 5.46. The Hall–Kier alpha value is -4.00. The number of carbonyl (C=O) groups is 1. The molecular weight excluding hydrogens is 505 g/mol. The Labute approximate surface area is 217 Å². The quantitative estimate of drug-likeness (QED) is 0.311. The van der Waals surface area contributed by atoms with E-state index in [0.29, 0.717) is 29.2 Å². The van der Waals surface area contributed by atoms with Gasteiger partial charge in [-0.2, -0.15) is 26.7 Å². The number of pyridine rings is 1. The third-order valence-corrected chi connectivity index (χ3v) is 5.46. The van der Waals surface area contributed by atoms with Crippen molar-refractivity contribution in [3.8, 4) is 11.3 Å². The van der Waals surface area contributed by atoms with Crippen LogP contribution in [0.2, 0.25) is 0 Å². The van der Waals surface area contributed by atoms with E-state index < -0.39 is 12.7 Å². The van der Waals surface area contributed by atoms with Gasteiger partial charge in [-0.3, -0.25) is 9.78 Å².